The van der Waals surface area contributed by atoms with Gasteiger partial charge in [0.15, 0.2) is 5.82 Å². The van der Waals surface area contributed by atoms with E-state index in [0.717, 1.165) is 33.1 Å². The summed E-state index contributed by atoms with van der Waals surface area (Å²) in [5, 5.41) is 11.5. The van der Waals surface area contributed by atoms with E-state index >= 15 is 0 Å². The molecular weight excluding hydrogens is 595 g/mol. The molecule has 3 aromatic carbocycles. The van der Waals surface area contributed by atoms with Gasteiger partial charge in [0.1, 0.15) is 29.4 Å². The Kier molecular flexibility index (Phi) is 8.11. The normalized spacial score (nSPS) is 11.4. The number of amides is 1. The summed E-state index contributed by atoms with van der Waals surface area (Å²) in [6.07, 6.45) is 5.32. The van der Waals surface area contributed by atoms with E-state index in [4.69, 9.17) is 9.72 Å². The van der Waals surface area contributed by atoms with Gasteiger partial charge in [-0.2, -0.15) is 5.10 Å². The molecule has 0 unspecified atom stereocenters. The Morgan fingerprint density at radius 2 is 1.79 bits per heavy atom. The highest BCUT2D eigenvalue weighted by molar-refractivity contribution is 5.98. The van der Waals surface area contributed by atoms with Gasteiger partial charge in [0.2, 0.25) is 5.91 Å². The number of fused-ring (bicyclic) bond motifs is 2. The molecule has 0 fully saturated rings. The van der Waals surface area contributed by atoms with E-state index in [2.05, 4.69) is 30.5 Å². The SMILES string of the molecule is CN(C)CCOc1cc(F)cc(-c2nccc3[nH]c(-c4n[nH]c5ccc(-c6cncc(NC(=O)Cc7ccccc7)c6)cc45)nc23)c1. The monoisotopic (exact) mass is 626 g/mol. The fourth-order valence-electron chi connectivity index (χ4n) is 5.41. The fourth-order valence-corrected chi connectivity index (χ4v) is 5.41. The van der Waals surface area contributed by atoms with Gasteiger partial charge in [-0.05, 0) is 61.6 Å². The Labute approximate surface area is 269 Å². The number of likely N-dealkylation sites (N-methyl/N-ethyl adjacent to an activating group) is 1. The summed E-state index contributed by atoms with van der Waals surface area (Å²) >= 11 is 0. The van der Waals surface area contributed by atoms with E-state index in [1.54, 1.807) is 24.7 Å². The molecule has 0 atom stereocenters. The minimum absolute atomic E-state index is 0.118. The summed E-state index contributed by atoms with van der Waals surface area (Å²) in [6, 6.07) is 23.8. The van der Waals surface area contributed by atoms with Crippen molar-refractivity contribution in [3.63, 3.8) is 0 Å². The number of rotatable bonds is 10. The molecule has 47 heavy (non-hydrogen) atoms. The highest BCUT2D eigenvalue weighted by atomic mass is 19.1. The van der Waals surface area contributed by atoms with Crippen LogP contribution in [0.3, 0.4) is 0 Å². The third-order valence-electron chi connectivity index (χ3n) is 7.70. The molecule has 3 N–H and O–H groups in total. The molecule has 1 amide bonds. The zero-order valence-corrected chi connectivity index (χ0v) is 25.8. The van der Waals surface area contributed by atoms with Crippen LogP contribution in [0.2, 0.25) is 0 Å². The first-order valence-electron chi connectivity index (χ1n) is 15.1. The number of hydrogen-bond donors (Lipinski definition) is 3. The summed E-state index contributed by atoms with van der Waals surface area (Å²) in [7, 11) is 3.90. The van der Waals surface area contributed by atoms with Gasteiger partial charge in [0.05, 0.1) is 35.0 Å². The van der Waals surface area contributed by atoms with Crippen molar-refractivity contribution in [2.24, 2.45) is 0 Å². The summed E-state index contributed by atoms with van der Waals surface area (Å²) in [4.78, 5) is 31.8. The van der Waals surface area contributed by atoms with Crippen LogP contribution in [0.15, 0.2) is 97.5 Å². The van der Waals surface area contributed by atoms with Crippen LogP contribution in [0.1, 0.15) is 5.56 Å². The molecular formula is C36H31FN8O2. The van der Waals surface area contributed by atoms with Crippen molar-refractivity contribution in [1.82, 2.24) is 35.0 Å². The lowest BCUT2D eigenvalue weighted by molar-refractivity contribution is -0.115. The molecule has 7 aromatic rings. The van der Waals surface area contributed by atoms with E-state index in [1.165, 1.54) is 12.1 Å². The van der Waals surface area contributed by atoms with Crippen LogP contribution in [-0.4, -0.2) is 68.2 Å². The minimum Gasteiger partial charge on any atom is -0.492 e. The van der Waals surface area contributed by atoms with Crippen molar-refractivity contribution in [3.8, 4) is 39.7 Å². The number of aromatic nitrogens is 6. The van der Waals surface area contributed by atoms with Crippen LogP contribution < -0.4 is 10.1 Å². The Bertz CT molecular complexity index is 2210. The molecule has 0 aliphatic heterocycles. The topological polar surface area (TPSA) is 125 Å². The number of carbonyl (C=O) groups excluding carboxylic acids is 1. The number of pyridine rings is 2. The summed E-state index contributed by atoms with van der Waals surface area (Å²) in [6.45, 7) is 1.13. The van der Waals surface area contributed by atoms with Gasteiger partial charge >= 0.3 is 0 Å². The van der Waals surface area contributed by atoms with Gasteiger partial charge in [-0.3, -0.25) is 19.9 Å². The predicted octanol–water partition coefficient (Wildman–Crippen LogP) is 6.49. The van der Waals surface area contributed by atoms with Crippen LogP contribution in [0.4, 0.5) is 10.1 Å². The second-order valence-corrected chi connectivity index (χ2v) is 11.5. The lowest BCUT2D eigenvalue weighted by Gasteiger charge is -2.12. The van der Waals surface area contributed by atoms with Crippen molar-refractivity contribution in [1.29, 1.82) is 0 Å². The van der Waals surface area contributed by atoms with Crippen LogP contribution in [-0.2, 0) is 11.2 Å². The van der Waals surface area contributed by atoms with Crippen molar-refractivity contribution in [2.75, 3.05) is 32.6 Å². The zero-order valence-electron chi connectivity index (χ0n) is 25.8. The number of carbonyl (C=O) groups is 1. The smallest absolute Gasteiger partial charge is 0.228 e. The molecule has 11 heteroatoms. The van der Waals surface area contributed by atoms with Crippen LogP contribution in [0.5, 0.6) is 5.75 Å². The van der Waals surface area contributed by atoms with Gasteiger partial charge in [0, 0.05) is 41.5 Å². The number of nitrogens with one attached hydrogen (secondary N) is 3. The third kappa shape index (κ3) is 6.56. The molecule has 0 bridgehead atoms. The largest absolute Gasteiger partial charge is 0.492 e. The van der Waals surface area contributed by atoms with Gasteiger partial charge in [0.25, 0.3) is 0 Å². The predicted molar refractivity (Wildman–Crippen MR) is 180 cm³/mol. The number of benzene rings is 3. The molecule has 0 spiro atoms. The number of hydrogen-bond acceptors (Lipinski definition) is 7. The van der Waals surface area contributed by atoms with Crippen molar-refractivity contribution >= 4 is 33.5 Å². The Balaban J connectivity index is 1.18. The number of anilines is 1. The quantitative estimate of drug-likeness (QED) is 0.159. The van der Waals surface area contributed by atoms with Gasteiger partial charge in [-0.15, -0.1) is 0 Å². The third-order valence-corrected chi connectivity index (χ3v) is 7.70. The Hall–Kier alpha value is -5.94. The standard InChI is InChI=1S/C36H31FN8O2/c1-45(2)12-13-47-28-17-24(15-26(37)19-28)33-35-31(10-11-39-33)41-36(42-35)34-29-18-23(8-9-30(29)43-44-34)25-16-27(21-38-20-25)40-32(46)14-22-6-4-3-5-7-22/h3-11,15-21H,12-14H2,1-2H3,(H,40,46)(H,41,42)(H,43,44). The lowest BCUT2D eigenvalue weighted by Crippen LogP contribution is -2.19. The number of nitrogens with zero attached hydrogens (tertiary/aromatic N) is 5. The Morgan fingerprint density at radius 3 is 2.64 bits per heavy atom. The van der Waals surface area contributed by atoms with E-state index in [1.807, 2.05) is 79.7 Å². The molecule has 4 aromatic heterocycles. The van der Waals surface area contributed by atoms with E-state index < -0.39 is 5.82 Å². The van der Waals surface area contributed by atoms with E-state index in [9.17, 15) is 9.18 Å². The maximum Gasteiger partial charge on any atom is 0.228 e. The maximum absolute atomic E-state index is 14.7. The summed E-state index contributed by atoms with van der Waals surface area (Å²) in [5.41, 5.74) is 7.13. The Morgan fingerprint density at radius 1 is 0.915 bits per heavy atom. The molecule has 0 saturated carbocycles. The number of H-pyrrole nitrogens is 2. The minimum atomic E-state index is -0.419. The second kappa shape index (κ2) is 12.8. The van der Waals surface area contributed by atoms with Gasteiger partial charge in [-0.25, -0.2) is 9.37 Å². The van der Waals surface area contributed by atoms with E-state index in [-0.39, 0.29) is 12.3 Å². The molecule has 0 aliphatic carbocycles. The molecule has 0 radical (unpaired) electrons. The van der Waals surface area contributed by atoms with Gasteiger partial charge < -0.3 is 19.9 Å². The number of imidazole rings is 1. The second-order valence-electron chi connectivity index (χ2n) is 11.5. The average Bonchev–Trinajstić information content (AvgIpc) is 3.69. The molecule has 0 aliphatic rings. The van der Waals surface area contributed by atoms with Crippen LogP contribution in [0, 0.1) is 5.82 Å². The molecule has 7 rings (SSSR count). The van der Waals surface area contributed by atoms with Crippen molar-refractivity contribution in [3.05, 3.63) is 109 Å². The lowest BCUT2D eigenvalue weighted by atomic mass is 10.0. The molecule has 4 heterocycles. The van der Waals surface area contributed by atoms with Crippen molar-refractivity contribution in [2.45, 2.75) is 6.42 Å². The molecule has 0 saturated heterocycles. The van der Waals surface area contributed by atoms with Crippen LogP contribution >= 0.6 is 0 Å². The molecule has 234 valence electrons. The number of aromatic amines is 2. The van der Waals surface area contributed by atoms with E-state index in [0.29, 0.717) is 52.9 Å². The number of halogens is 1. The fraction of sp³-hybridized carbons (Fsp3) is 0.139. The first-order valence-corrected chi connectivity index (χ1v) is 15.1. The number of ether oxygens (including phenoxy) is 1. The highest BCUT2D eigenvalue weighted by Crippen LogP contribution is 2.34. The highest BCUT2D eigenvalue weighted by Gasteiger charge is 2.18. The zero-order chi connectivity index (χ0) is 32.3. The first kappa shape index (κ1) is 29.8. The van der Waals surface area contributed by atoms with Crippen molar-refractivity contribution < 1.29 is 13.9 Å². The van der Waals surface area contributed by atoms with Crippen LogP contribution in [0.25, 0.3) is 55.8 Å². The maximum atomic E-state index is 14.7. The average molecular weight is 627 g/mol. The summed E-state index contributed by atoms with van der Waals surface area (Å²) in [5.74, 6) is 0.429. The summed E-state index contributed by atoms with van der Waals surface area (Å²) < 4.78 is 20.5. The van der Waals surface area contributed by atoms with Gasteiger partial charge in [-0.1, -0.05) is 36.4 Å². The molecule has 10 nitrogen and oxygen atoms in total. The first-order chi connectivity index (χ1) is 22.9.